The van der Waals surface area contributed by atoms with Crippen LogP contribution in [0.1, 0.15) is 25.6 Å². The Labute approximate surface area is 160 Å². The fraction of sp³-hybridized carbons (Fsp3) is 0.200. The summed E-state index contributed by atoms with van der Waals surface area (Å²) in [5.41, 5.74) is 3.40. The summed E-state index contributed by atoms with van der Waals surface area (Å²) in [6, 6.07) is 12.9. The topological polar surface area (TPSA) is 73.8 Å². The highest BCUT2D eigenvalue weighted by molar-refractivity contribution is 6.30. The van der Waals surface area contributed by atoms with Crippen molar-refractivity contribution in [2.24, 2.45) is 0 Å². The normalized spacial score (nSPS) is 11.4. The molecule has 0 saturated heterocycles. The van der Waals surface area contributed by atoms with Crippen LogP contribution >= 0.6 is 11.6 Å². The van der Waals surface area contributed by atoms with Crippen LogP contribution in [0.25, 0.3) is 33.9 Å². The van der Waals surface area contributed by atoms with Gasteiger partial charge >= 0.3 is 0 Å². The molecule has 0 bridgehead atoms. The Morgan fingerprint density at radius 2 is 1.89 bits per heavy atom. The van der Waals surface area contributed by atoms with Gasteiger partial charge in [-0.25, -0.2) is 4.98 Å². The van der Waals surface area contributed by atoms with Crippen LogP contribution in [-0.4, -0.2) is 19.7 Å². The van der Waals surface area contributed by atoms with E-state index in [4.69, 9.17) is 16.1 Å². The lowest BCUT2D eigenvalue weighted by molar-refractivity contribution is 0.432. The predicted octanol–water partition coefficient (Wildman–Crippen LogP) is 4.66. The molecule has 7 heteroatoms. The number of rotatable bonds is 3. The number of halogens is 1. The highest BCUT2D eigenvalue weighted by atomic mass is 35.5. The fourth-order valence-corrected chi connectivity index (χ4v) is 3.25. The van der Waals surface area contributed by atoms with Gasteiger partial charge in [0, 0.05) is 22.2 Å². The van der Waals surface area contributed by atoms with Crippen molar-refractivity contribution >= 4 is 22.6 Å². The molecule has 4 aromatic rings. The van der Waals surface area contributed by atoms with E-state index in [1.54, 1.807) is 23.6 Å². The maximum atomic E-state index is 12.4. The molecule has 2 aromatic carbocycles. The van der Waals surface area contributed by atoms with E-state index in [1.165, 1.54) is 0 Å². The lowest BCUT2D eigenvalue weighted by Gasteiger charge is -2.14. The van der Waals surface area contributed by atoms with Gasteiger partial charge in [0.25, 0.3) is 11.4 Å². The first-order valence-electron chi connectivity index (χ1n) is 8.57. The molecule has 0 N–H and O–H groups in total. The molecule has 4 rings (SSSR count). The van der Waals surface area contributed by atoms with Gasteiger partial charge in [0.15, 0.2) is 0 Å². The molecule has 2 aromatic heterocycles. The molecule has 0 saturated carbocycles. The summed E-state index contributed by atoms with van der Waals surface area (Å²) >= 11 is 6.03. The van der Waals surface area contributed by atoms with E-state index in [1.807, 2.05) is 44.2 Å². The number of fused-ring (bicyclic) bond motifs is 1. The number of hydrogen-bond acceptors (Lipinski definition) is 5. The second-order valence-corrected chi connectivity index (χ2v) is 7.04. The van der Waals surface area contributed by atoms with Crippen LogP contribution in [0.3, 0.4) is 0 Å². The molecule has 2 heterocycles. The zero-order valence-corrected chi connectivity index (χ0v) is 15.9. The van der Waals surface area contributed by atoms with Crippen molar-refractivity contribution in [3.05, 3.63) is 63.5 Å². The van der Waals surface area contributed by atoms with Gasteiger partial charge in [-0.1, -0.05) is 22.8 Å². The summed E-state index contributed by atoms with van der Waals surface area (Å²) in [6.07, 6.45) is 0. The van der Waals surface area contributed by atoms with Crippen LogP contribution in [0.4, 0.5) is 0 Å². The Bertz CT molecular complexity index is 1210. The van der Waals surface area contributed by atoms with Crippen LogP contribution in [-0.2, 0) is 0 Å². The van der Waals surface area contributed by atoms with Gasteiger partial charge in [0.05, 0.1) is 11.0 Å². The van der Waals surface area contributed by atoms with Crippen molar-refractivity contribution in [1.82, 2.24) is 19.7 Å². The van der Waals surface area contributed by atoms with Crippen molar-refractivity contribution in [2.75, 3.05) is 0 Å². The molecule has 6 nitrogen and oxygen atoms in total. The smallest absolute Gasteiger partial charge is 0.272 e. The lowest BCUT2D eigenvalue weighted by Crippen LogP contribution is -2.25. The van der Waals surface area contributed by atoms with E-state index in [-0.39, 0.29) is 11.6 Å². The van der Waals surface area contributed by atoms with E-state index >= 15 is 0 Å². The highest BCUT2D eigenvalue weighted by Gasteiger charge is 2.15. The molecule has 0 spiro atoms. The third-order valence-electron chi connectivity index (χ3n) is 4.32. The zero-order chi connectivity index (χ0) is 19.1. The molecule has 0 atom stereocenters. The Morgan fingerprint density at radius 1 is 1.07 bits per heavy atom. The van der Waals surface area contributed by atoms with Gasteiger partial charge in [-0.2, -0.15) is 4.98 Å². The average Bonchev–Trinajstić information content (AvgIpc) is 3.12. The average molecular weight is 381 g/mol. The first kappa shape index (κ1) is 17.4. The summed E-state index contributed by atoms with van der Waals surface area (Å²) < 4.78 is 7.13. The number of benzene rings is 2. The maximum Gasteiger partial charge on any atom is 0.272 e. The largest absolute Gasteiger partial charge is 0.334 e. The van der Waals surface area contributed by atoms with Crippen molar-refractivity contribution in [2.45, 2.75) is 26.8 Å². The Hall–Kier alpha value is -2.99. The monoisotopic (exact) mass is 380 g/mol. The minimum Gasteiger partial charge on any atom is -0.334 e. The summed E-state index contributed by atoms with van der Waals surface area (Å²) in [5, 5.41) is 4.67. The second kappa shape index (κ2) is 6.63. The Kier molecular flexibility index (Phi) is 4.28. The van der Waals surface area contributed by atoms with Crippen LogP contribution in [0.2, 0.25) is 5.02 Å². The van der Waals surface area contributed by atoms with Crippen LogP contribution < -0.4 is 5.56 Å². The number of aromatic nitrogens is 4. The standard InChI is InChI=1S/C20H17ClN4O2/c1-11(2)25-17-8-7-13(10-16(17)22-12(3)20(25)26)18-23-19(27-24-18)14-5-4-6-15(21)9-14/h4-11H,1-3H3. The van der Waals surface area contributed by atoms with Crippen LogP contribution in [0, 0.1) is 6.92 Å². The molecule has 0 unspecified atom stereocenters. The molecule has 0 aliphatic rings. The van der Waals surface area contributed by atoms with Crippen LogP contribution in [0.15, 0.2) is 51.8 Å². The minimum absolute atomic E-state index is 0.0344. The molecule has 27 heavy (non-hydrogen) atoms. The first-order chi connectivity index (χ1) is 12.9. The van der Waals surface area contributed by atoms with E-state index in [0.717, 1.165) is 16.6 Å². The van der Waals surface area contributed by atoms with E-state index in [0.29, 0.717) is 27.9 Å². The summed E-state index contributed by atoms with van der Waals surface area (Å²) in [7, 11) is 0. The molecule has 0 radical (unpaired) electrons. The van der Waals surface area contributed by atoms with Crippen LogP contribution in [0.5, 0.6) is 0 Å². The van der Waals surface area contributed by atoms with Gasteiger partial charge in [-0.3, -0.25) is 4.79 Å². The zero-order valence-electron chi connectivity index (χ0n) is 15.1. The van der Waals surface area contributed by atoms with E-state index < -0.39 is 0 Å². The Morgan fingerprint density at radius 3 is 2.63 bits per heavy atom. The second-order valence-electron chi connectivity index (χ2n) is 6.60. The lowest BCUT2D eigenvalue weighted by atomic mass is 10.1. The van der Waals surface area contributed by atoms with Gasteiger partial charge in [-0.05, 0) is 57.2 Å². The summed E-state index contributed by atoms with van der Waals surface area (Å²) in [4.78, 5) is 21.3. The van der Waals surface area contributed by atoms with Gasteiger partial charge in [-0.15, -0.1) is 0 Å². The third-order valence-corrected chi connectivity index (χ3v) is 4.56. The first-order valence-corrected chi connectivity index (χ1v) is 8.95. The molecule has 136 valence electrons. The predicted molar refractivity (Wildman–Crippen MR) is 105 cm³/mol. The van der Waals surface area contributed by atoms with Crippen molar-refractivity contribution in [3.8, 4) is 22.8 Å². The summed E-state index contributed by atoms with van der Waals surface area (Å²) in [5.74, 6) is 0.845. The minimum atomic E-state index is -0.0759. The maximum absolute atomic E-state index is 12.4. The molecular weight excluding hydrogens is 364 g/mol. The quantitative estimate of drug-likeness (QED) is 0.517. The SMILES string of the molecule is Cc1nc2cc(-c3noc(-c4cccc(Cl)c4)n3)ccc2n(C(C)C)c1=O. The number of nitrogens with zero attached hydrogens (tertiary/aromatic N) is 4. The van der Waals surface area contributed by atoms with Crippen molar-refractivity contribution < 1.29 is 4.52 Å². The molecule has 0 aliphatic heterocycles. The molecular formula is C20H17ClN4O2. The highest BCUT2D eigenvalue weighted by Crippen LogP contribution is 2.26. The third kappa shape index (κ3) is 3.13. The molecule has 0 amide bonds. The van der Waals surface area contributed by atoms with Gasteiger partial charge < -0.3 is 9.09 Å². The Balaban J connectivity index is 1.82. The van der Waals surface area contributed by atoms with E-state index in [9.17, 15) is 4.79 Å². The fourth-order valence-electron chi connectivity index (χ4n) is 3.06. The number of hydrogen-bond donors (Lipinski definition) is 0. The molecule has 0 fully saturated rings. The van der Waals surface area contributed by atoms with E-state index in [2.05, 4.69) is 15.1 Å². The molecule has 0 aliphatic carbocycles. The number of aryl methyl sites for hydroxylation is 1. The van der Waals surface area contributed by atoms with Crippen molar-refractivity contribution in [1.29, 1.82) is 0 Å². The summed E-state index contributed by atoms with van der Waals surface area (Å²) in [6.45, 7) is 5.67. The van der Waals surface area contributed by atoms with Gasteiger partial charge in [0.2, 0.25) is 5.82 Å². The van der Waals surface area contributed by atoms with Gasteiger partial charge in [0.1, 0.15) is 5.69 Å². The van der Waals surface area contributed by atoms with Crippen molar-refractivity contribution in [3.63, 3.8) is 0 Å².